The zero-order valence-electron chi connectivity index (χ0n) is 16.8. The molecule has 3 rings (SSSR count). The molecule has 0 aromatic heterocycles. The lowest BCUT2D eigenvalue weighted by molar-refractivity contribution is -0.116. The van der Waals surface area contributed by atoms with Gasteiger partial charge in [-0.25, -0.2) is 0 Å². The Balaban J connectivity index is 1.36. The van der Waals surface area contributed by atoms with Gasteiger partial charge in [-0.2, -0.15) is 0 Å². The van der Waals surface area contributed by atoms with Gasteiger partial charge in [0.15, 0.2) is 0 Å². The molecule has 2 aromatic rings. The van der Waals surface area contributed by atoms with Crippen LogP contribution in [0.25, 0.3) is 0 Å². The Bertz CT molecular complexity index is 813. The average molecular weight is 396 g/mol. The maximum atomic E-state index is 12.2. The number of carbonyl (C=O) groups is 2. The summed E-state index contributed by atoms with van der Waals surface area (Å²) in [6.07, 6.45) is 0.441. The number of hydrogen-bond donors (Lipinski definition) is 2. The largest absolute Gasteiger partial charge is 0.497 e. The Hall–Kier alpha value is -2.90. The highest BCUT2D eigenvalue weighted by Crippen LogP contribution is 2.14. The number of amides is 2. The molecule has 1 aliphatic rings. The van der Waals surface area contributed by atoms with E-state index in [9.17, 15) is 9.59 Å². The highest BCUT2D eigenvalue weighted by atomic mass is 16.5. The molecule has 0 saturated carbocycles. The third-order valence-corrected chi connectivity index (χ3v) is 5.14. The number of rotatable bonds is 8. The number of anilines is 1. The minimum Gasteiger partial charge on any atom is -0.497 e. The second-order valence-corrected chi connectivity index (χ2v) is 7.21. The van der Waals surface area contributed by atoms with Gasteiger partial charge >= 0.3 is 0 Å². The molecule has 7 heteroatoms. The molecule has 1 saturated heterocycles. The Labute approximate surface area is 171 Å². The Morgan fingerprint density at radius 1 is 0.966 bits per heavy atom. The second kappa shape index (κ2) is 10.0. The molecule has 29 heavy (non-hydrogen) atoms. The fourth-order valence-corrected chi connectivity index (χ4v) is 3.36. The molecule has 0 unspecified atom stereocenters. The summed E-state index contributed by atoms with van der Waals surface area (Å²) in [5, 5.41) is 2.86. The van der Waals surface area contributed by atoms with Gasteiger partial charge in [-0.1, -0.05) is 12.1 Å². The number of primary amides is 1. The molecule has 1 aliphatic heterocycles. The van der Waals surface area contributed by atoms with E-state index >= 15 is 0 Å². The van der Waals surface area contributed by atoms with Crippen molar-refractivity contribution in [1.29, 1.82) is 0 Å². The molecule has 1 heterocycles. The predicted molar refractivity (Wildman–Crippen MR) is 113 cm³/mol. The van der Waals surface area contributed by atoms with Crippen molar-refractivity contribution >= 4 is 17.5 Å². The number of nitrogens with zero attached hydrogens (tertiary/aromatic N) is 2. The normalized spacial score (nSPS) is 15.1. The van der Waals surface area contributed by atoms with Crippen LogP contribution in [0.5, 0.6) is 5.75 Å². The molecule has 7 nitrogen and oxygen atoms in total. The first kappa shape index (κ1) is 20.8. The maximum Gasteiger partial charge on any atom is 0.248 e. The molecule has 3 N–H and O–H groups in total. The quantitative estimate of drug-likeness (QED) is 0.712. The first-order chi connectivity index (χ1) is 14.0. The number of methoxy groups -OCH3 is 1. The topological polar surface area (TPSA) is 87.9 Å². The highest BCUT2D eigenvalue weighted by Gasteiger charge is 2.17. The van der Waals surface area contributed by atoms with Crippen molar-refractivity contribution in [3.8, 4) is 5.75 Å². The highest BCUT2D eigenvalue weighted by molar-refractivity contribution is 5.94. The van der Waals surface area contributed by atoms with Gasteiger partial charge in [0.2, 0.25) is 11.8 Å². The first-order valence-corrected chi connectivity index (χ1v) is 9.81. The standard InChI is InChI=1S/C22H28N4O3/c1-29-20-8-2-17(3-9-20)16-26-14-12-25(13-15-26)11-10-21(27)24-19-6-4-18(5-7-19)22(23)28/h2-9H,10-16H2,1H3,(H2,23,28)(H,24,27). The summed E-state index contributed by atoms with van der Waals surface area (Å²) in [5.41, 5.74) is 7.60. The van der Waals surface area contributed by atoms with Gasteiger partial charge in [-0.15, -0.1) is 0 Å². The molecule has 1 fully saturated rings. The number of ether oxygens (including phenoxy) is 1. The van der Waals surface area contributed by atoms with Gasteiger partial charge in [0, 0.05) is 56.9 Å². The SMILES string of the molecule is COc1ccc(CN2CCN(CCC(=O)Nc3ccc(C(N)=O)cc3)CC2)cc1. The molecule has 0 bridgehead atoms. The molecular formula is C22H28N4O3. The van der Waals surface area contributed by atoms with Crippen LogP contribution in [0.15, 0.2) is 48.5 Å². The zero-order valence-corrected chi connectivity index (χ0v) is 16.8. The number of carbonyl (C=O) groups excluding carboxylic acids is 2. The molecule has 154 valence electrons. The summed E-state index contributed by atoms with van der Waals surface area (Å²) < 4.78 is 5.20. The van der Waals surface area contributed by atoms with Crippen molar-refractivity contribution in [1.82, 2.24) is 9.80 Å². The average Bonchev–Trinajstić information content (AvgIpc) is 2.74. The van der Waals surface area contributed by atoms with E-state index in [0.29, 0.717) is 17.7 Å². The Kier molecular flexibility index (Phi) is 7.21. The fraction of sp³-hybridized carbons (Fsp3) is 0.364. The number of piperazine rings is 1. The third-order valence-electron chi connectivity index (χ3n) is 5.14. The van der Waals surface area contributed by atoms with Gasteiger partial charge in [0.25, 0.3) is 0 Å². The van der Waals surface area contributed by atoms with Crippen molar-refractivity contribution in [3.05, 3.63) is 59.7 Å². The van der Waals surface area contributed by atoms with Crippen molar-refractivity contribution in [2.45, 2.75) is 13.0 Å². The number of benzene rings is 2. The van der Waals surface area contributed by atoms with E-state index in [2.05, 4.69) is 27.2 Å². The van der Waals surface area contributed by atoms with Crippen molar-refractivity contribution in [3.63, 3.8) is 0 Å². The summed E-state index contributed by atoms with van der Waals surface area (Å²) in [4.78, 5) is 28.0. The lowest BCUT2D eigenvalue weighted by atomic mass is 10.2. The van der Waals surface area contributed by atoms with Crippen LogP contribution < -0.4 is 15.8 Å². The molecule has 0 radical (unpaired) electrons. The fourth-order valence-electron chi connectivity index (χ4n) is 3.36. The summed E-state index contributed by atoms with van der Waals surface area (Å²) in [5.74, 6) is 0.368. The molecule has 2 amide bonds. The van der Waals surface area contributed by atoms with Crippen molar-refractivity contribution < 1.29 is 14.3 Å². The molecule has 0 atom stereocenters. The second-order valence-electron chi connectivity index (χ2n) is 7.21. The van der Waals surface area contributed by atoms with Gasteiger partial charge in [0.1, 0.15) is 5.75 Å². The van der Waals surface area contributed by atoms with Gasteiger partial charge in [-0.3, -0.25) is 14.5 Å². The van der Waals surface area contributed by atoms with E-state index in [0.717, 1.165) is 45.0 Å². The monoisotopic (exact) mass is 396 g/mol. The number of nitrogens with one attached hydrogen (secondary N) is 1. The van der Waals surface area contributed by atoms with E-state index < -0.39 is 5.91 Å². The minimum absolute atomic E-state index is 0.0301. The molecule has 2 aromatic carbocycles. The van der Waals surface area contributed by atoms with Crippen molar-refractivity contribution in [2.24, 2.45) is 5.73 Å². The van der Waals surface area contributed by atoms with Crippen LogP contribution in [0, 0.1) is 0 Å². The molecular weight excluding hydrogens is 368 g/mol. The van der Waals surface area contributed by atoms with Gasteiger partial charge in [-0.05, 0) is 42.0 Å². The van der Waals surface area contributed by atoms with Gasteiger partial charge < -0.3 is 20.7 Å². The molecule has 0 aliphatic carbocycles. The van der Waals surface area contributed by atoms with Crippen LogP contribution in [0.3, 0.4) is 0 Å². The minimum atomic E-state index is -0.478. The third kappa shape index (κ3) is 6.30. The van der Waals surface area contributed by atoms with E-state index in [1.165, 1.54) is 5.56 Å². The van der Waals surface area contributed by atoms with E-state index in [4.69, 9.17) is 10.5 Å². The van der Waals surface area contributed by atoms with E-state index in [1.807, 2.05) is 12.1 Å². The zero-order chi connectivity index (χ0) is 20.6. The van der Waals surface area contributed by atoms with Crippen LogP contribution in [0.4, 0.5) is 5.69 Å². The summed E-state index contributed by atoms with van der Waals surface area (Å²) >= 11 is 0. The maximum absolute atomic E-state index is 12.2. The van der Waals surface area contributed by atoms with Crippen molar-refractivity contribution in [2.75, 3.05) is 45.2 Å². The van der Waals surface area contributed by atoms with E-state index in [-0.39, 0.29) is 5.91 Å². The van der Waals surface area contributed by atoms with Crippen LogP contribution in [-0.2, 0) is 11.3 Å². The Morgan fingerprint density at radius 3 is 2.17 bits per heavy atom. The first-order valence-electron chi connectivity index (χ1n) is 9.81. The summed E-state index contributed by atoms with van der Waals surface area (Å²) in [6, 6.07) is 14.8. The number of nitrogens with two attached hydrogens (primary N) is 1. The lowest BCUT2D eigenvalue weighted by Gasteiger charge is -2.34. The smallest absolute Gasteiger partial charge is 0.248 e. The summed E-state index contributed by atoms with van der Waals surface area (Å²) in [6.45, 7) is 5.55. The Morgan fingerprint density at radius 2 is 1.59 bits per heavy atom. The van der Waals surface area contributed by atoms with Gasteiger partial charge in [0.05, 0.1) is 7.11 Å². The van der Waals surface area contributed by atoms with E-state index in [1.54, 1.807) is 31.4 Å². The lowest BCUT2D eigenvalue weighted by Crippen LogP contribution is -2.46. The van der Waals surface area contributed by atoms with Crippen LogP contribution in [-0.4, -0.2) is 61.4 Å². The van der Waals surface area contributed by atoms with Crippen LogP contribution in [0.2, 0.25) is 0 Å². The predicted octanol–water partition coefficient (Wildman–Crippen LogP) is 1.94. The van der Waals surface area contributed by atoms with Crippen LogP contribution >= 0.6 is 0 Å². The van der Waals surface area contributed by atoms with Crippen LogP contribution in [0.1, 0.15) is 22.3 Å². The molecule has 0 spiro atoms. The number of hydrogen-bond acceptors (Lipinski definition) is 5. The summed E-state index contributed by atoms with van der Waals surface area (Å²) in [7, 11) is 1.67.